The standard InChI is InChI=1S/C24H22BrN3O5S/c25-18-9-11-20(12-10-18)33-16-22(29)27-28-24(34)26-23(30)17-5-4-8-21(15-17)32-14-13-31-19-6-2-1-3-7-19/h1-12,15H,13-14,16H2,(H,27,29)(H2,26,28,30,34). The summed E-state index contributed by atoms with van der Waals surface area (Å²) in [4.78, 5) is 24.3. The predicted molar refractivity (Wildman–Crippen MR) is 135 cm³/mol. The number of benzene rings is 3. The minimum Gasteiger partial charge on any atom is -0.490 e. The number of thiocarbonyl (C=S) groups is 1. The van der Waals surface area contributed by atoms with Crippen molar-refractivity contribution in [1.29, 1.82) is 0 Å². The van der Waals surface area contributed by atoms with Crippen molar-refractivity contribution in [3.05, 3.63) is 88.9 Å². The van der Waals surface area contributed by atoms with Gasteiger partial charge < -0.3 is 14.2 Å². The number of nitrogens with one attached hydrogen (secondary N) is 3. The Bertz CT molecular complexity index is 1110. The van der Waals surface area contributed by atoms with Crippen LogP contribution in [0.1, 0.15) is 10.4 Å². The molecule has 0 saturated carbocycles. The Labute approximate surface area is 210 Å². The van der Waals surface area contributed by atoms with Crippen molar-refractivity contribution in [1.82, 2.24) is 16.2 Å². The van der Waals surface area contributed by atoms with Crippen molar-refractivity contribution < 1.29 is 23.8 Å². The van der Waals surface area contributed by atoms with Gasteiger partial charge in [0.15, 0.2) is 11.7 Å². The fourth-order valence-corrected chi connectivity index (χ4v) is 3.02. The Morgan fingerprint density at radius 2 is 1.41 bits per heavy atom. The van der Waals surface area contributed by atoms with Gasteiger partial charge in [0.2, 0.25) is 0 Å². The van der Waals surface area contributed by atoms with Crippen LogP contribution in [0.25, 0.3) is 0 Å². The van der Waals surface area contributed by atoms with Gasteiger partial charge in [-0.15, -0.1) is 0 Å². The molecule has 0 radical (unpaired) electrons. The second-order valence-corrected chi connectivity index (χ2v) is 8.06. The minimum atomic E-state index is -0.465. The van der Waals surface area contributed by atoms with E-state index in [0.29, 0.717) is 30.3 Å². The lowest BCUT2D eigenvalue weighted by molar-refractivity contribution is -0.123. The number of carbonyl (C=O) groups excluding carboxylic acids is 2. The van der Waals surface area contributed by atoms with E-state index in [-0.39, 0.29) is 11.7 Å². The van der Waals surface area contributed by atoms with E-state index in [1.807, 2.05) is 30.3 Å². The maximum atomic E-state index is 12.4. The molecule has 0 bridgehead atoms. The van der Waals surface area contributed by atoms with Crippen LogP contribution in [0.3, 0.4) is 0 Å². The Morgan fingerprint density at radius 1 is 0.765 bits per heavy atom. The van der Waals surface area contributed by atoms with E-state index in [2.05, 4.69) is 32.1 Å². The highest BCUT2D eigenvalue weighted by Gasteiger charge is 2.10. The molecule has 0 aliphatic heterocycles. The molecule has 0 atom stereocenters. The van der Waals surface area contributed by atoms with Gasteiger partial charge in [0.25, 0.3) is 11.8 Å². The average molecular weight is 544 g/mol. The van der Waals surface area contributed by atoms with E-state index < -0.39 is 11.8 Å². The molecule has 8 nitrogen and oxygen atoms in total. The number of para-hydroxylation sites is 1. The molecular formula is C24H22BrN3O5S. The summed E-state index contributed by atoms with van der Waals surface area (Å²) in [6.45, 7) is 0.451. The highest BCUT2D eigenvalue weighted by molar-refractivity contribution is 9.10. The molecule has 3 rings (SSSR count). The van der Waals surface area contributed by atoms with Crippen LogP contribution in [0.4, 0.5) is 0 Å². The third kappa shape index (κ3) is 8.72. The Hall–Kier alpha value is -3.63. The number of carbonyl (C=O) groups is 2. The number of amides is 2. The highest BCUT2D eigenvalue weighted by Crippen LogP contribution is 2.16. The molecule has 0 aromatic heterocycles. The first-order chi connectivity index (χ1) is 16.5. The molecule has 2 amide bonds. The van der Waals surface area contributed by atoms with Gasteiger partial charge in [-0.05, 0) is 66.8 Å². The van der Waals surface area contributed by atoms with E-state index in [1.165, 1.54) is 0 Å². The molecule has 3 N–H and O–H groups in total. The first kappa shape index (κ1) is 25.0. The van der Waals surface area contributed by atoms with Crippen molar-refractivity contribution in [2.75, 3.05) is 19.8 Å². The number of ether oxygens (including phenoxy) is 3. The predicted octanol–water partition coefficient (Wildman–Crippen LogP) is 3.62. The molecule has 0 aliphatic carbocycles. The van der Waals surface area contributed by atoms with Gasteiger partial charge in [0.1, 0.15) is 30.5 Å². The van der Waals surface area contributed by atoms with Gasteiger partial charge in [-0.2, -0.15) is 0 Å². The molecule has 0 saturated heterocycles. The summed E-state index contributed by atoms with van der Waals surface area (Å²) >= 11 is 8.38. The zero-order valence-electron chi connectivity index (χ0n) is 18.0. The van der Waals surface area contributed by atoms with Crippen LogP contribution >= 0.6 is 28.1 Å². The molecule has 0 spiro atoms. The van der Waals surface area contributed by atoms with Gasteiger partial charge in [0.05, 0.1) is 0 Å². The van der Waals surface area contributed by atoms with E-state index in [4.69, 9.17) is 26.4 Å². The van der Waals surface area contributed by atoms with Crippen molar-refractivity contribution in [3.63, 3.8) is 0 Å². The Balaban J connectivity index is 1.37. The van der Waals surface area contributed by atoms with E-state index >= 15 is 0 Å². The minimum absolute atomic E-state index is 0.0652. The fourth-order valence-electron chi connectivity index (χ4n) is 2.61. The van der Waals surface area contributed by atoms with Crippen LogP contribution in [0.2, 0.25) is 0 Å². The lowest BCUT2D eigenvalue weighted by Gasteiger charge is -2.12. The van der Waals surface area contributed by atoms with Crippen LogP contribution in [0.15, 0.2) is 83.3 Å². The highest BCUT2D eigenvalue weighted by atomic mass is 79.9. The summed E-state index contributed by atoms with van der Waals surface area (Å²) in [6.07, 6.45) is 0. The zero-order chi connectivity index (χ0) is 24.2. The largest absolute Gasteiger partial charge is 0.490 e. The first-order valence-electron chi connectivity index (χ1n) is 10.2. The Morgan fingerprint density at radius 3 is 2.15 bits per heavy atom. The molecule has 34 heavy (non-hydrogen) atoms. The maximum Gasteiger partial charge on any atom is 0.276 e. The zero-order valence-corrected chi connectivity index (χ0v) is 20.4. The molecule has 10 heteroatoms. The molecule has 0 fully saturated rings. The second kappa shape index (κ2) is 13.2. The molecule has 3 aromatic rings. The van der Waals surface area contributed by atoms with Gasteiger partial charge in [-0.25, -0.2) is 0 Å². The SMILES string of the molecule is O=C(COc1ccc(Br)cc1)NNC(=S)NC(=O)c1cccc(OCCOc2ccccc2)c1. The average Bonchev–Trinajstić information content (AvgIpc) is 2.86. The van der Waals surface area contributed by atoms with Crippen LogP contribution in [0, 0.1) is 0 Å². The van der Waals surface area contributed by atoms with Crippen molar-refractivity contribution in [2.24, 2.45) is 0 Å². The summed E-state index contributed by atoms with van der Waals surface area (Å²) in [5.41, 5.74) is 5.17. The molecule has 0 heterocycles. The number of hydrogen-bond donors (Lipinski definition) is 3. The summed E-state index contributed by atoms with van der Waals surface area (Å²) < 4.78 is 17.5. The molecule has 176 valence electrons. The van der Waals surface area contributed by atoms with E-state index in [9.17, 15) is 9.59 Å². The second-order valence-electron chi connectivity index (χ2n) is 6.74. The molecule has 0 aliphatic rings. The Kier molecular flexibility index (Phi) is 9.68. The summed E-state index contributed by atoms with van der Waals surface area (Å²) in [6, 6.07) is 23.1. The quantitative estimate of drug-likeness (QED) is 0.215. The van der Waals surface area contributed by atoms with Crippen LogP contribution in [-0.4, -0.2) is 36.7 Å². The third-order valence-electron chi connectivity index (χ3n) is 4.19. The van der Waals surface area contributed by atoms with Gasteiger partial charge >= 0.3 is 0 Å². The third-order valence-corrected chi connectivity index (χ3v) is 4.92. The molecular weight excluding hydrogens is 522 g/mol. The normalized spacial score (nSPS) is 10.0. The summed E-state index contributed by atoms with van der Waals surface area (Å²) in [5, 5.41) is 2.42. The number of halogens is 1. The molecule has 3 aromatic carbocycles. The summed E-state index contributed by atoms with van der Waals surface area (Å²) in [5.74, 6) is 0.897. The molecule has 0 unspecified atom stereocenters. The van der Waals surface area contributed by atoms with Crippen molar-refractivity contribution >= 4 is 45.1 Å². The van der Waals surface area contributed by atoms with Gasteiger partial charge in [0, 0.05) is 10.0 Å². The van der Waals surface area contributed by atoms with Crippen LogP contribution in [-0.2, 0) is 4.79 Å². The lowest BCUT2D eigenvalue weighted by Crippen LogP contribution is -2.49. The number of rotatable bonds is 9. The topological polar surface area (TPSA) is 97.9 Å². The smallest absolute Gasteiger partial charge is 0.276 e. The van der Waals surface area contributed by atoms with Crippen molar-refractivity contribution in [2.45, 2.75) is 0 Å². The summed E-state index contributed by atoms with van der Waals surface area (Å²) in [7, 11) is 0. The van der Waals surface area contributed by atoms with Crippen molar-refractivity contribution in [3.8, 4) is 17.2 Å². The van der Waals surface area contributed by atoms with Gasteiger partial charge in [-0.3, -0.25) is 25.8 Å². The van der Waals surface area contributed by atoms with Crippen LogP contribution in [0.5, 0.6) is 17.2 Å². The fraction of sp³-hybridized carbons (Fsp3) is 0.125. The lowest BCUT2D eigenvalue weighted by atomic mass is 10.2. The van der Waals surface area contributed by atoms with E-state index in [1.54, 1.807) is 48.5 Å². The monoisotopic (exact) mass is 543 g/mol. The van der Waals surface area contributed by atoms with E-state index in [0.717, 1.165) is 10.2 Å². The number of hydrazine groups is 1. The maximum absolute atomic E-state index is 12.4. The van der Waals surface area contributed by atoms with Gasteiger partial charge in [-0.1, -0.05) is 40.2 Å². The number of hydrogen-bond acceptors (Lipinski definition) is 6. The van der Waals surface area contributed by atoms with Crippen LogP contribution < -0.4 is 30.4 Å². The first-order valence-corrected chi connectivity index (χ1v) is 11.4.